The number of rotatable bonds is 3. The second kappa shape index (κ2) is 7.53. The monoisotopic (exact) mass is 389 g/mol. The molecular formula is C21H28NO4P. The fraction of sp³-hybridized carbons (Fsp3) is 0.571. The number of hydrogen-bond acceptors (Lipinski definition) is 5. The molecule has 2 saturated heterocycles. The highest BCUT2D eigenvalue weighted by Crippen LogP contribution is 2.55. The highest BCUT2D eigenvalue weighted by atomic mass is 31.1. The van der Waals surface area contributed by atoms with E-state index >= 15 is 0 Å². The van der Waals surface area contributed by atoms with E-state index in [0.717, 1.165) is 11.1 Å². The zero-order chi connectivity index (χ0) is 19.8. The molecule has 0 spiro atoms. The lowest BCUT2D eigenvalue weighted by Gasteiger charge is -2.41. The third-order valence-electron chi connectivity index (χ3n) is 4.38. The van der Waals surface area contributed by atoms with Crippen LogP contribution in [0, 0.1) is 11.3 Å². The van der Waals surface area contributed by atoms with E-state index in [9.17, 15) is 5.26 Å². The maximum Gasteiger partial charge on any atom is 0.163 e. The number of nitriles is 1. The molecule has 1 aromatic carbocycles. The van der Waals surface area contributed by atoms with Crippen LogP contribution in [0.25, 0.3) is 0 Å². The predicted octanol–water partition coefficient (Wildman–Crippen LogP) is 4.24. The quantitative estimate of drug-likeness (QED) is 0.572. The number of fused-ring (bicyclic) bond motifs is 1. The van der Waals surface area contributed by atoms with Crippen molar-refractivity contribution in [3.63, 3.8) is 0 Å². The molecule has 0 aromatic heterocycles. The normalized spacial score (nSPS) is 33.2. The second-order valence-electron chi connectivity index (χ2n) is 8.23. The second-order valence-corrected chi connectivity index (χ2v) is 10.2. The average Bonchev–Trinajstić information content (AvgIpc) is 2.93. The zero-order valence-corrected chi connectivity index (χ0v) is 17.7. The standard InChI is InChI=1S/C21H28NO4P/c1-7-15(23-20(2,3)4)17-19-18(24-21(5,6)25-19)16(13-22)27(26-17)14-11-9-8-10-12-14/h7-12,16-19H,1-6H3/b15-7-. The van der Waals surface area contributed by atoms with Crippen LogP contribution in [0.3, 0.4) is 0 Å². The molecule has 146 valence electrons. The van der Waals surface area contributed by atoms with Gasteiger partial charge in [-0.05, 0) is 47.6 Å². The van der Waals surface area contributed by atoms with E-state index in [2.05, 4.69) is 6.07 Å². The van der Waals surface area contributed by atoms with Crippen molar-refractivity contribution in [3.8, 4) is 6.07 Å². The van der Waals surface area contributed by atoms with Crippen molar-refractivity contribution in [1.82, 2.24) is 0 Å². The van der Waals surface area contributed by atoms with E-state index in [1.54, 1.807) is 0 Å². The van der Waals surface area contributed by atoms with Gasteiger partial charge in [-0.15, -0.1) is 0 Å². The molecule has 0 radical (unpaired) electrons. The Balaban J connectivity index is 2.01. The Bertz CT molecular complexity index is 735. The number of hydrogen-bond donors (Lipinski definition) is 0. The van der Waals surface area contributed by atoms with Gasteiger partial charge in [0.05, 0.1) is 14.2 Å². The molecule has 2 fully saturated rings. The molecule has 2 aliphatic rings. The SMILES string of the molecule is C/C=C(\OC(C)(C)C)C1OP(c2ccccc2)C(C#N)C2OC(C)(C)OC12. The molecule has 5 unspecified atom stereocenters. The van der Waals surface area contributed by atoms with Gasteiger partial charge in [-0.25, -0.2) is 0 Å². The van der Waals surface area contributed by atoms with Gasteiger partial charge in [-0.2, -0.15) is 5.26 Å². The Morgan fingerprint density at radius 3 is 2.37 bits per heavy atom. The molecule has 3 rings (SSSR count). The topological polar surface area (TPSA) is 60.7 Å². The largest absolute Gasteiger partial charge is 0.490 e. The third kappa shape index (κ3) is 4.36. The summed E-state index contributed by atoms with van der Waals surface area (Å²) in [6.45, 7) is 11.7. The lowest BCUT2D eigenvalue weighted by molar-refractivity contribution is -0.152. The molecule has 27 heavy (non-hydrogen) atoms. The van der Waals surface area contributed by atoms with Crippen LogP contribution in [0.2, 0.25) is 0 Å². The summed E-state index contributed by atoms with van der Waals surface area (Å²) in [5.74, 6) is -0.0482. The van der Waals surface area contributed by atoms with E-state index in [0.29, 0.717) is 0 Å². The summed E-state index contributed by atoms with van der Waals surface area (Å²) >= 11 is 0. The number of benzene rings is 1. The highest BCUT2D eigenvalue weighted by molar-refractivity contribution is 7.62. The van der Waals surface area contributed by atoms with Crippen LogP contribution in [0.1, 0.15) is 41.5 Å². The van der Waals surface area contributed by atoms with Gasteiger partial charge in [0.25, 0.3) is 0 Å². The Labute approximate surface area is 163 Å². The van der Waals surface area contributed by atoms with E-state index in [1.165, 1.54) is 0 Å². The Morgan fingerprint density at radius 2 is 1.81 bits per heavy atom. The first-order chi connectivity index (χ1) is 12.6. The van der Waals surface area contributed by atoms with Crippen LogP contribution in [0.15, 0.2) is 42.2 Å². The van der Waals surface area contributed by atoms with Crippen molar-refractivity contribution in [2.24, 2.45) is 0 Å². The molecule has 5 atom stereocenters. The van der Waals surface area contributed by atoms with Crippen molar-refractivity contribution < 1.29 is 18.7 Å². The molecule has 0 saturated carbocycles. The number of ether oxygens (including phenoxy) is 3. The summed E-state index contributed by atoms with van der Waals surface area (Å²) in [6, 6.07) is 12.3. The van der Waals surface area contributed by atoms with Gasteiger partial charge >= 0.3 is 0 Å². The third-order valence-corrected chi connectivity index (χ3v) is 6.56. The first-order valence-electron chi connectivity index (χ1n) is 9.27. The Morgan fingerprint density at radius 1 is 1.19 bits per heavy atom. The van der Waals surface area contributed by atoms with Gasteiger partial charge in [-0.1, -0.05) is 30.3 Å². The maximum absolute atomic E-state index is 9.91. The van der Waals surface area contributed by atoms with Crippen molar-refractivity contribution in [2.45, 2.75) is 76.9 Å². The number of nitrogens with zero attached hydrogens (tertiary/aromatic N) is 1. The van der Waals surface area contributed by atoms with Gasteiger partial charge in [0.2, 0.25) is 0 Å². The zero-order valence-electron chi connectivity index (χ0n) is 16.8. The van der Waals surface area contributed by atoms with E-state index in [-0.39, 0.29) is 17.8 Å². The predicted molar refractivity (Wildman–Crippen MR) is 106 cm³/mol. The van der Waals surface area contributed by atoms with E-state index in [1.807, 2.05) is 78.0 Å². The van der Waals surface area contributed by atoms with Crippen molar-refractivity contribution in [3.05, 3.63) is 42.2 Å². The highest BCUT2D eigenvalue weighted by Gasteiger charge is 2.57. The Hall–Kier alpha value is -1.44. The first-order valence-corrected chi connectivity index (χ1v) is 10.6. The summed E-state index contributed by atoms with van der Waals surface area (Å²) in [4.78, 5) is 0. The summed E-state index contributed by atoms with van der Waals surface area (Å²) in [7, 11) is -1.21. The summed E-state index contributed by atoms with van der Waals surface area (Å²) in [5.41, 5.74) is -0.768. The van der Waals surface area contributed by atoms with Crippen molar-refractivity contribution in [2.75, 3.05) is 0 Å². The lowest BCUT2D eigenvalue weighted by atomic mass is 10.0. The molecule has 6 heteroatoms. The van der Waals surface area contributed by atoms with Gasteiger partial charge < -0.3 is 18.7 Å². The van der Waals surface area contributed by atoms with Gasteiger partial charge in [0, 0.05) is 5.30 Å². The fourth-order valence-electron chi connectivity index (χ4n) is 3.45. The van der Waals surface area contributed by atoms with Gasteiger partial charge in [0.15, 0.2) is 5.79 Å². The van der Waals surface area contributed by atoms with E-state index < -0.39 is 25.7 Å². The summed E-state index contributed by atoms with van der Waals surface area (Å²) < 4.78 is 25.1. The minimum Gasteiger partial charge on any atom is -0.490 e. The molecule has 0 aliphatic carbocycles. The van der Waals surface area contributed by atoms with Crippen LogP contribution in [0.5, 0.6) is 0 Å². The van der Waals surface area contributed by atoms with Crippen LogP contribution in [0.4, 0.5) is 0 Å². The molecule has 0 N–H and O–H groups in total. The molecule has 2 aliphatic heterocycles. The van der Waals surface area contributed by atoms with E-state index in [4.69, 9.17) is 18.7 Å². The fourth-order valence-corrected chi connectivity index (χ4v) is 5.56. The summed E-state index contributed by atoms with van der Waals surface area (Å²) in [6.07, 6.45) is 0.749. The first kappa shape index (κ1) is 20.3. The smallest absolute Gasteiger partial charge is 0.163 e. The lowest BCUT2D eigenvalue weighted by Crippen LogP contribution is -2.49. The van der Waals surface area contributed by atoms with Crippen molar-refractivity contribution >= 4 is 13.5 Å². The van der Waals surface area contributed by atoms with Crippen molar-refractivity contribution in [1.29, 1.82) is 5.26 Å². The average molecular weight is 389 g/mol. The molecule has 2 heterocycles. The molecule has 5 nitrogen and oxygen atoms in total. The van der Waals surface area contributed by atoms with Gasteiger partial charge in [-0.3, -0.25) is 0 Å². The number of allylic oxidation sites excluding steroid dienone is 1. The van der Waals surface area contributed by atoms with Gasteiger partial charge in [0.1, 0.15) is 35.3 Å². The van der Waals surface area contributed by atoms with Crippen LogP contribution >= 0.6 is 8.15 Å². The van der Waals surface area contributed by atoms with Crippen LogP contribution < -0.4 is 5.30 Å². The molecule has 0 bridgehead atoms. The molecular weight excluding hydrogens is 361 g/mol. The molecule has 1 aromatic rings. The van der Waals surface area contributed by atoms with Crippen LogP contribution in [-0.2, 0) is 18.7 Å². The molecule has 0 amide bonds. The Kier molecular flexibility index (Phi) is 5.66. The minimum atomic E-state index is -1.21. The summed E-state index contributed by atoms with van der Waals surface area (Å²) in [5, 5.41) is 10.9. The minimum absolute atomic E-state index is 0.364. The van der Waals surface area contributed by atoms with Crippen LogP contribution in [-0.4, -0.2) is 35.4 Å². The maximum atomic E-state index is 9.91.